The maximum atomic E-state index is 11.2. The van der Waals surface area contributed by atoms with E-state index in [9.17, 15) is 19.6 Å². The highest BCUT2D eigenvalue weighted by Crippen LogP contribution is 2.23. The Hall–Kier alpha value is -7.07. The molecule has 0 radical (unpaired) electrons. The molecule has 0 aliphatic rings. The van der Waals surface area contributed by atoms with Crippen LogP contribution in [0.5, 0.6) is 11.8 Å². The highest BCUT2D eigenvalue weighted by atomic mass is 16.5. The molecule has 3 heterocycles. The minimum Gasteiger partial charge on any atom is -0.473 e. The molecule has 0 spiro atoms. The van der Waals surface area contributed by atoms with E-state index in [0.29, 0.717) is 49.9 Å². The first-order valence-corrected chi connectivity index (χ1v) is 20.6. The van der Waals surface area contributed by atoms with Gasteiger partial charge in [0.1, 0.15) is 36.5 Å². The van der Waals surface area contributed by atoms with Crippen molar-refractivity contribution in [2.75, 3.05) is 0 Å². The van der Waals surface area contributed by atoms with Crippen LogP contribution in [-0.4, -0.2) is 26.6 Å². The predicted octanol–water partition coefficient (Wildman–Crippen LogP) is 8.38. The molecule has 0 saturated heterocycles. The third-order valence-electron chi connectivity index (χ3n) is 8.55. The van der Waals surface area contributed by atoms with E-state index in [-0.39, 0.29) is 22.8 Å². The number of ketones is 1. The van der Waals surface area contributed by atoms with Crippen molar-refractivity contribution in [2.24, 2.45) is 11.5 Å². The largest absolute Gasteiger partial charge is 0.473 e. The van der Waals surface area contributed by atoms with E-state index in [1.165, 1.54) is 12.5 Å². The maximum Gasteiger partial charge on any atom is 0.266 e. The van der Waals surface area contributed by atoms with E-state index in [1.807, 2.05) is 120 Å². The average Bonchev–Trinajstić information content (AvgIpc) is 3.27. The van der Waals surface area contributed by atoms with Crippen molar-refractivity contribution in [1.82, 2.24) is 15.0 Å². The lowest BCUT2D eigenvalue weighted by molar-refractivity contribution is -0.117. The minimum absolute atomic E-state index is 0.0538. The Labute approximate surface area is 367 Å². The fourth-order valence-corrected chi connectivity index (χ4v) is 5.43. The summed E-state index contributed by atoms with van der Waals surface area (Å²) in [5.41, 5.74) is 19.9. The van der Waals surface area contributed by atoms with Gasteiger partial charge < -0.3 is 25.9 Å². The number of rotatable bonds is 11. The molecule has 0 aliphatic heterocycles. The normalized spacial score (nSPS) is 9.42. The number of nitrogens with one attached hydrogen (secondary N) is 1. The molecule has 3 aromatic heterocycles. The molecule has 12 heteroatoms. The lowest BCUT2D eigenvalue weighted by atomic mass is 10.1. The van der Waals surface area contributed by atoms with Crippen LogP contribution in [0.3, 0.4) is 0 Å². The summed E-state index contributed by atoms with van der Waals surface area (Å²) in [5.74, 6) is 5.86. The number of ether oxygens (including phenoxy) is 2. The minimum atomic E-state index is -0.283. The van der Waals surface area contributed by atoms with Gasteiger partial charge in [-0.05, 0) is 92.0 Å². The Kier molecular flexibility index (Phi) is 25.6. The number of aryl methyl sites for hydroxylation is 6. The van der Waals surface area contributed by atoms with Crippen LogP contribution in [0.4, 0.5) is 0 Å². The number of nitrogens with zero attached hydrogens (tertiary/aromatic N) is 4. The number of nitriles is 2. The van der Waals surface area contributed by atoms with E-state index in [4.69, 9.17) is 20.5 Å². The van der Waals surface area contributed by atoms with Crippen LogP contribution in [-0.2, 0) is 48.6 Å². The van der Waals surface area contributed by atoms with Crippen molar-refractivity contribution in [3.63, 3.8) is 0 Å². The van der Waals surface area contributed by atoms with Crippen molar-refractivity contribution in [2.45, 2.75) is 114 Å². The first-order chi connectivity index (χ1) is 29.7. The Morgan fingerprint density at radius 1 is 0.710 bits per heavy atom. The quantitative estimate of drug-likeness (QED) is 0.0854. The van der Waals surface area contributed by atoms with Crippen molar-refractivity contribution in [3.8, 4) is 35.7 Å². The van der Waals surface area contributed by atoms with Crippen molar-refractivity contribution < 1.29 is 19.1 Å². The summed E-state index contributed by atoms with van der Waals surface area (Å²) < 4.78 is 11.6. The Bertz CT molecular complexity index is 2370. The molecule has 2 aromatic carbocycles. The van der Waals surface area contributed by atoms with Crippen LogP contribution in [0.25, 0.3) is 0 Å². The smallest absolute Gasteiger partial charge is 0.266 e. The molecule has 62 heavy (non-hydrogen) atoms. The number of aromatic nitrogens is 3. The van der Waals surface area contributed by atoms with Crippen LogP contribution in [0.2, 0.25) is 0 Å². The lowest BCUT2D eigenvalue weighted by Gasteiger charge is -2.14. The number of Topliss-reactive ketones (excluding diaryl/α,β-unsaturated/α-hetero) is 1. The summed E-state index contributed by atoms with van der Waals surface area (Å²) in [6.45, 7) is 18.3. The molecule has 0 saturated carbocycles. The number of hydrogen-bond acceptors (Lipinski definition) is 10. The number of H-pyrrole nitrogens is 1. The van der Waals surface area contributed by atoms with E-state index >= 15 is 0 Å². The maximum absolute atomic E-state index is 11.2. The molecule has 5 N–H and O–H groups in total. The Balaban J connectivity index is 0.000000418. The molecule has 0 bridgehead atoms. The van der Waals surface area contributed by atoms with Crippen LogP contribution < -0.4 is 26.5 Å². The first-order valence-electron chi connectivity index (χ1n) is 20.6. The molecule has 12 nitrogen and oxygen atoms in total. The van der Waals surface area contributed by atoms with Gasteiger partial charge in [-0.15, -0.1) is 0 Å². The van der Waals surface area contributed by atoms with Gasteiger partial charge in [0.15, 0.2) is 0 Å². The van der Waals surface area contributed by atoms with E-state index in [2.05, 4.69) is 51.6 Å². The lowest BCUT2D eigenvalue weighted by Crippen LogP contribution is -2.13. The molecular weight excluding hydrogens is 779 g/mol. The fraction of sp³-hybridized carbons (Fsp3) is 0.340. The van der Waals surface area contributed by atoms with Crippen LogP contribution in [0.1, 0.15) is 116 Å². The van der Waals surface area contributed by atoms with Gasteiger partial charge >= 0.3 is 0 Å². The number of pyridine rings is 3. The SMILES string of the molecule is CCC#CC(C)=O.CCC(N)=O.CCc1cc(C)[nH]c(=O)c1C#N.CCc1cc(C)nc(OCc2ccccc2)c1C#N.CCc1cc(C)nc(OCc2ccccc2)c1CN. The zero-order valence-corrected chi connectivity index (χ0v) is 37.6. The second kappa shape index (κ2) is 30.0. The summed E-state index contributed by atoms with van der Waals surface area (Å²) >= 11 is 0. The van der Waals surface area contributed by atoms with E-state index in [1.54, 1.807) is 6.92 Å². The molecular formula is C50H61N7O5. The third kappa shape index (κ3) is 19.8. The fourth-order valence-electron chi connectivity index (χ4n) is 5.43. The van der Waals surface area contributed by atoms with Gasteiger partial charge in [0, 0.05) is 49.0 Å². The zero-order chi connectivity index (χ0) is 46.5. The summed E-state index contributed by atoms with van der Waals surface area (Å²) in [4.78, 5) is 42.2. The Morgan fingerprint density at radius 3 is 1.56 bits per heavy atom. The second-order valence-electron chi connectivity index (χ2n) is 13.6. The third-order valence-corrected chi connectivity index (χ3v) is 8.55. The second-order valence-corrected chi connectivity index (χ2v) is 13.6. The van der Waals surface area contributed by atoms with Gasteiger partial charge in [-0.2, -0.15) is 10.5 Å². The van der Waals surface area contributed by atoms with Crippen LogP contribution in [0.15, 0.2) is 83.7 Å². The number of benzene rings is 2. The molecule has 0 fully saturated rings. The molecule has 0 aliphatic carbocycles. The predicted molar refractivity (Wildman–Crippen MR) is 245 cm³/mol. The summed E-state index contributed by atoms with van der Waals surface area (Å²) in [6.07, 6.45) is 3.67. The van der Waals surface area contributed by atoms with Gasteiger partial charge in [0.05, 0.1) is 0 Å². The zero-order valence-electron chi connectivity index (χ0n) is 37.6. The van der Waals surface area contributed by atoms with E-state index in [0.717, 1.165) is 64.2 Å². The Morgan fingerprint density at radius 2 is 1.16 bits per heavy atom. The summed E-state index contributed by atoms with van der Waals surface area (Å²) in [5, 5.41) is 17.9. The van der Waals surface area contributed by atoms with Gasteiger partial charge in [-0.3, -0.25) is 14.4 Å². The molecule has 5 rings (SSSR count). The average molecular weight is 840 g/mol. The molecule has 0 atom stereocenters. The van der Waals surface area contributed by atoms with Gasteiger partial charge in [-0.1, -0.05) is 101 Å². The number of carbonyl (C=O) groups is 2. The van der Waals surface area contributed by atoms with E-state index < -0.39 is 0 Å². The highest BCUT2D eigenvalue weighted by Gasteiger charge is 2.12. The topological polar surface area (TPSA) is 211 Å². The van der Waals surface area contributed by atoms with Crippen LogP contribution in [0, 0.1) is 55.3 Å². The number of nitrogens with two attached hydrogens (primary N) is 2. The molecule has 326 valence electrons. The van der Waals surface area contributed by atoms with Crippen molar-refractivity contribution in [3.05, 3.63) is 151 Å². The first kappa shape index (κ1) is 52.9. The molecule has 1 amide bonds. The van der Waals surface area contributed by atoms with Gasteiger partial charge in [-0.25, -0.2) is 9.97 Å². The van der Waals surface area contributed by atoms with Gasteiger partial charge in [0.25, 0.3) is 5.56 Å². The number of carbonyl (C=O) groups excluding carboxylic acids is 2. The number of hydrogen-bond donors (Lipinski definition) is 3. The molecule has 0 unspecified atom stereocenters. The number of amides is 1. The van der Waals surface area contributed by atoms with Crippen molar-refractivity contribution in [1.29, 1.82) is 10.5 Å². The number of primary amides is 1. The number of aromatic amines is 1. The monoisotopic (exact) mass is 839 g/mol. The highest BCUT2D eigenvalue weighted by molar-refractivity contribution is 5.93. The van der Waals surface area contributed by atoms with Gasteiger partial charge in [0.2, 0.25) is 23.5 Å². The standard InChI is InChI=1S/C16H20N2O.C16H16N2O.C9H10N2O.C6H8O.C3H7NO/c2*1-3-14-9-12(2)18-16(15(14)10-17)19-11-13-7-5-4-6-8-13;1-3-7-4-6(2)11-9(12)8(7)5-10;1-3-4-5-6(2)7;1-2-3(4)5/h4-9H,3,10-11,17H2,1-2H3;4-9H,3,11H2,1-2H3;4H,3H2,1-2H3,(H,11,12);3H2,1-2H3;2H2,1H3,(H2,4,5). The summed E-state index contributed by atoms with van der Waals surface area (Å²) in [7, 11) is 0. The van der Waals surface area contributed by atoms with Crippen molar-refractivity contribution >= 4 is 11.7 Å². The van der Waals surface area contributed by atoms with Crippen LogP contribution >= 0.6 is 0 Å². The summed E-state index contributed by atoms with van der Waals surface area (Å²) in [6, 6.07) is 29.9. The molecule has 5 aromatic rings.